The number of aromatic nitrogens is 1. The van der Waals surface area contributed by atoms with Crippen molar-refractivity contribution in [3.05, 3.63) is 42.3 Å². The second kappa shape index (κ2) is 5.09. The number of hydrogen-bond donors (Lipinski definition) is 0. The Kier molecular flexibility index (Phi) is 3.52. The Balaban J connectivity index is 2.12. The minimum atomic E-state index is -3.76. The average Bonchev–Trinajstić information content (AvgIpc) is 2.80. The van der Waals surface area contributed by atoms with Crippen LogP contribution in [0.5, 0.6) is 11.5 Å². The van der Waals surface area contributed by atoms with Gasteiger partial charge in [-0.3, -0.25) is 0 Å². The fourth-order valence-corrected chi connectivity index (χ4v) is 2.29. The molecular formula is C11H11NO5S. The second-order valence-corrected chi connectivity index (χ2v) is 5.03. The molecule has 1 aromatic carbocycles. The minimum Gasteiger partial charge on any atom is -0.497 e. The van der Waals surface area contributed by atoms with E-state index in [9.17, 15) is 8.42 Å². The summed E-state index contributed by atoms with van der Waals surface area (Å²) in [6.45, 7) is 0. The van der Waals surface area contributed by atoms with Crippen LogP contribution < -0.4 is 8.92 Å². The average molecular weight is 269 g/mol. The Bertz CT molecular complexity index is 606. The molecule has 0 aliphatic heterocycles. The first-order chi connectivity index (χ1) is 8.59. The van der Waals surface area contributed by atoms with Gasteiger partial charge in [-0.25, -0.2) is 0 Å². The molecule has 18 heavy (non-hydrogen) atoms. The molecule has 1 heterocycles. The predicted molar refractivity (Wildman–Crippen MR) is 62.7 cm³/mol. The molecule has 0 N–H and O–H groups in total. The topological polar surface area (TPSA) is 78.6 Å². The first-order valence-electron chi connectivity index (χ1n) is 5.04. The van der Waals surface area contributed by atoms with E-state index in [1.165, 1.54) is 31.6 Å². The Hall–Kier alpha value is -2.02. The molecule has 2 rings (SSSR count). The molecule has 0 saturated heterocycles. The van der Waals surface area contributed by atoms with E-state index in [1.807, 2.05) is 0 Å². The van der Waals surface area contributed by atoms with Crippen molar-refractivity contribution >= 4 is 10.1 Å². The summed E-state index contributed by atoms with van der Waals surface area (Å²) in [4.78, 5) is 0. The molecule has 1 aromatic heterocycles. The van der Waals surface area contributed by atoms with Gasteiger partial charge >= 0.3 is 10.1 Å². The third kappa shape index (κ3) is 3.24. The highest BCUT2D eigenvalue weighted by atomic mass is 32.2. The second-order valence-electron chi connectivity index (χ2n) is 3.46. The van der Waals surface area contributed by atoms with Crippen LogP contribution in [0.25, 0.3) is 0 Å². The van der Waals surface area contributed by atoms with Crippen molar-refractivity contribution in [1.82, 2.24) is 5.16 Å². The van der Waals surface area contributed by atoms with E-state index < -0.39 is 10.1 Å². The van der Waals surface area contributed by atoms with Crippen LogP contribution in [-0.2, 0) is 15.9 Å². The van der Waals surface area contributed by atoms with Crippen molar-refractivity contribution in [3.8, 4) is 11.5 Å². The van der Waals surface area contributed by atoms with Crippen LogP contribution in [0.2, 0.25) is 0 Å². The van der Waals surface area contributed by atoms with E-state index in [1.54, 1.807) is 12.1 Å². The zero-order valence-electron chi connectivity index (χ0n) is 9.57. The molecule has 0 aliphatic rings. The normalized spacial score (nSPS) is 11.2. The van der Waals surface area contributed by atoms with Crippen LogP contribution >= 0.6 is 0 Å². The molecule has 96 valence electrons. The largest absolute Gasteiger partial charge is 0.497 e. The summed E-state index contributed by atoms with van der Waals surface area (Å²) < 4.78 is 37.9. The lowest BCUT2D eigenvalue weighted by atomic mass is 10.3. The van der Waals surface area contributed by atoms with Crippen LogP contribution in [0.1, 0.15) is 5.69 Å². The van der Waals surface area contributed by atoms with E-state index in [0.29, 0.717) is 5.75 Å². The van der Waals surface area contributed by atoms with Crippen LogP contribution in [0.3, 0.4) is 0 Å². The van der Waals surface area contributed by atoms with E-state index >= 15 is 0 Å². The van der Waals surface area contributed by atoms with Gasteiger partial charge < -0.3 is 13.4 Å². The maximum Gasteiger partial charge on any atom is 0.315 e. The molecule has 0 fully saturated rings. The number of rotatable bonds is 5. The van der Waals surface area contributed by atoms with Crippen molar-refractivity contribution in [3.63, 3.8) is 0 Å². The van der Waals surface area contributed by atoms with Gasteiger partial charge in [-0.1, -0.05) is 11.2 Å². The molecule has 0 unspecified atom stereocenters. The zero-order valence-corrected chi connectivity index (χ0v) is 10.4. The van der Waals surface area contributed by atoms with Gasteiger partial charge in [0.2, 0.25) is 0 Å². The highest BCUT2D eigenvalue weighted by molar-refractivity contribution is 7.86. The van der Waals surface area contributed by atoms with E-state index in [2.05, 4.69) is 9.68 Å². The van der Waals surface area contributed by atoms with E-state index in [-0.39, 0.29) is 17.2 Å². The van der Waals surface area contributed by atoms with Gasteiger partial charge in [0.1, 0.15) is 29.2 Å². The summed E-state index contributed by atoms with van der Waals surface area (Å²) in [6, 6.07) is 7.81. The number of nitrogens with zero attached hydrogens (tertiary/aromatic N) is 1. The van der Waals surface area contributed by atoms with Gasteiger partial charge in [0.05, 0.1) is 7.11 Å². The molecule has 0 radical (unpaired) electrons. The molecule has 0 aliphatic carbocycles. The molecule has 0 amide bonds. The standard InChI is InChI=1S/C11H11NO5S/c1-15-10-3-2-4-11(7-10)17-18(13,14)8-9-5-6-16-12-9/h2-7H,8H2,1H3. The van der Waals surface area contributed by atoms with Crippen molar-refractivity contribution in [2.45, 2.75) is 5.75 Å². The number of ether oxygens (including phenoxy) is 1. The van der Waals surface area contributed by atoms with Crippen molar-refractivity contribution < 1.29 is 21.9 Å². The van der Waals surface area contributed by atoms with Crippen LogP contribution in [-0.4, -0.2) is 20.7 Å². The third-order valence-electron chi connectivity index (χ3n) is 2.08. The molecule has 0 atom stereocenters. The van der Waals surface area contributed by atoms with Crippen LogP contribution in [0.15, 0.2) is 41.1 Å². The molecule has 0 saturated carbocycles. The Morgan fingerprint density at radius 3 is 2.72 bits per heavy atom. The summed E-state index contributed by atoms with van der Waals surface area (Å²) >= 11 is 0. The molecular weight excluding hydrogens is 258 g/mol. The van der Waals surface area contributed by atoms with Gasteiger partial charge in [-0.05, 0) is 12.1 Å². The Labute approximate surface area is 104 Å². The fourth-order valence-electron chi connectivity index (χ4n) is 1.32. The van der Waals surface area contributed by atoms with E-state index in [4.69, 9.17) is 8.92 Å². The van der Waals surface area contributed by atoms with Gasteiger partial charge in [-0.2, -0.15) is 8.42 Å². The smallest absolute Gasteiger partial charge is 0.315 e. The lowest BCUT2D eigenvalue weighted by Crippen LogP contribution is -2.12. The molecule has 0 bridgehead atoms. The summed E-state index contributed by atoms with van der Waals surface area (Å²) in [5, 5.41) is 3.52. The number of benzene rings is 1. The maximum atomic E-state index is 11.7. The Morgan fingerprint density at radius 2 is 2.06 bits per heavy atom. The molecule has 7 heteroatoms. The van der Waals surface area contributed by atoms with Crippen LogP contribution in [0.4, 0.5) is 0 Å². The van der Waals surface area contributed by atoms with Crippen molar-refractivity contribution in [1.29, 1.82) is 0 Å². The summed E-state index contributed by atoms with van der Waals surface area (Å²) in [6.07, 6.45) is 1.30. The highest BCUT2D eigenvalue weighted by Crippen LogP contribution is 2.21. The lowest BCUT2D eigenvalue weighted by molar-refractivity contribution is 0.409. The Morgan fingerprint density at radius 1 is 1.28 bits per heavy atom. The molecule has 2 aromatic rings. The zero-order chi connectivity index (χ0) is 13.0. The monoisotopic (exact) mass is 269 g/mol. The quantitative estimate of drug-likeness (QED) is 0.767. The lowest BCUT2D eigenvalue weighted by Gasteiger charge is -2.06. The van der Waals surface area contributed by atoms with Gasteiger partial charge in [0, 0.05) is 12.1 Å². The number of methoxy groups -OCH3 is 1. The first kappa shape index (κ1) is 12.4. The maximum absolute atomic E-state index is 11.7. The SMILES string of the molecule is COc1cccc(OS(=O)(=O)Cc2ccon2)c1. The fraction of sp³-hybridized carbons (Fsp3) is 0.182. The summed E-state index contributed by atoms with van der Waals surface area (Å²) in [5.41, 5.74) is 0.290. The number of hydrogen-bond acceptors (Lipinski definition) is 6. The summed E-state index contributed by atoms with van der Waals surface area (Å²) in [7, 11) is -2.27. The van der Waals surface area contributed by atoms with Gasteiger partial charge in [0.15, 0.2) is 0 Å². The van der Waals surface area contributed by atoms with Gasteiger partial charge in [-0.15, -0.1) is 0 Å². The minimum absolute atomic E-state index is 0.192. The first-order valence-corrected chi connectivity index (χ1v) is 6.62. The highest BCUT2D eigenvalue weighted by Gasteiger charge is 2.16. The third-order valence-corrected chi connectivity index (χ3v) is 3.18. The predicted octanol–water partition coefficient (Wildman–Crippen LogP) is 1.59. The molecule has 6 nitrogen and oxygen atoms in total. The van der Waals surface area contributed by atoms with Crippen molar-refractivity contribution in [2.24, 2.45) is 0 Å². The summed E-state index contributed by atoms with van der Waals surface area (Å²) in [5.74, 6) is 0.364. The molecule has 0 spiro atoms. The van der Waals surface area contributed by atoms with Crippen molar-refractivity contribution in [2.75, 3.05) is 7.11 Å². The van der Waals surface area contributed by atoms with Gasteiger partial charge in [0.25, 0.3) is 0 Å². The van der Waals surface area contributed by atoms with Crippen LogP contribution in [0, 0.1) is 0 Å². The van der Waals surface area contributed by atoms with E-state index in [0.717, 1.165) is 0 Å².